The first kappa shape index (κ1) is 14.0. The third-order valence-corrected chi connectivity index (χ3v) is 4.20. The number of carbonyl (C=O) groups excluding carboxylic acids is 1. The summed E-state index contributed by atoms with van der Waals surface area (Å²) < 4.78 is 7.22. The topological polar surface area (TPSA) is 64.4 Å². The van der Waals surface area contributed by atoms with Gasteiger partial charge < -0.3 is 15.8 Å². The van der Waals surface area contributed by atoms with E-state index < -0.39 is 6.10 Å². The van der Waals surface area contributed by atoms with Crippen LogP contribution in [-0.4, -0.2) is 24.7 Å². The van der Waals surface area contributed by atoms with Gasteiger partial charge in [-0.25, -0.2) is 0 Å². The van der Waals surface area contributed by atoms with Gasteiger partial charge in [-0.3, -0.25) is 4.79 Å². The van der Waals surface area contributed by atoms with E-state index in [1.165, 1.54) is 0 Å². The lowest BCUT2D eigenvalue weighted by Crippen LogP contribution is -2.30. The molecule has 1 amide bonds. The molecule has 4 nitrogen and oxygen atoms in total. The highest BCUT2D eigenvalue weighted by molar-refractivity contribution is 9.11. The van der Waals surface area contributed by atoms with Crippen molar-refractivity contribution < 1.29 is 9.53 Å². The molecule has 2 atom stereocenters. The molecule has 0 bridgehead atoms. The number of hydrogen-bond donors (Lipinski definition) is 2. The third kappa shape index (κ3) is 3.12. The SMILES string of the molecule is NCC1CCC(C(=O)Nc2c(Br)cccc2Br)O1. The summed E-state index contributed by atoms with van der Waals surface area (Å²) in [7, 11) is 0. The van der Waals surface area contributed by atoms with Crippen LogP contribution in [-0.2, 0) is 9.53 Å². The van der Waals surface area contributed by atoms with Gasteiger partial charge in [0.1, 0.15) is 6.10 Å². The molecule has 2 rings (SSSR count). The summed E-state index contributed by atoms with van der Waals surface area (Å²) >= 11 is 6.81. The maximum Gasteiger partial charge on any atom is 0.253 e. The van der Waals surface area contributed by atoms with E-state index in [1.807, 2.05) is 18.2 Å². The number of ether oxygens (including phenoxy) is 1. The Labute approximate surface area is 123 Å². The van der Waals surface area contributed by atoms with Crippen molar-refractivity contribution in [1.29, 1.82) is 0 Å². The quantitative estimate of drug-likeness (QED) is 0.850. The number of carbonyl (C=O) groups is 1. The van der Waals surface area contributed by atoms with Gasteiger partial charge in [0.05, 0.1) is 11.8 Å². The highest BCUT2D eigenvalue weighted by atomic mass is 79.9. The molecule has 0 radical (unpaired) electrons. The van der Waals surface area contributed by atoms with Gasteiger partial charge in [0.2, 0.25) is 0 Å². The van der Waals surface area contributed by atoms with E-state index >= 15 is 0 Å². The Morgan fingerprint density at radius 1 is 1.39 bits per heavy atom. The second-order valence-corrected chi connectivity index (χ2v) is 5.85. The Balaban J connectivity index is 2.04. The lowest BCUT2D eigenvalue weighted by atomic mass is 10.2. The zero-order chi connectivity index (χ0) is 13.1. The van der Waals surface area contributed by atoms with Crippen LogP contribution in [0.4, 0.5) is 5.69 Å². The molecule has 2 unspecified atom stereocenters. The number of hydrogen-bond acceptors (Lipinski definition) is 3. The summed E-state index contributed by atoms with van der Waals surface area (Å²) in [6.45, 7) is 0.461. The van der Waals surface area contributed by atoms with Gasteiger partial charge in [0.25, 0.3) is 5.91 Å². The van der Waals surface area contributed by atoms with E-state index in [9.17, 15) is 4.79 Å². The van der Waals surface area contributed by atoms with Gasteiger partial charge >= 0.3 is 0 Å². The lowest BCUT2D eigenvalue weighted by Gasteiger charge is -2.14. The van der Waals surface area contributed by atoms with Crippen molar-refractivity contribution in [2.75, 3.05) is 11.9 Å². The van der Waals surface area contributed by atoms with Gasteiger partial charge in [0, 0.05) is 15.5 Å². The monoisotopic (exact) mass is 376 g/mol. The number of benzene rings is 1. The summed E-state index contributed by atoms with van der Waals surface area (Å²) in [5.41, 5.74) is 6.25. The van der Waals surface area contributed by atoms with Crippen molar-refractivity contribution in [3.05, 3.63) is 27.1 Å². The van der Waals surface area contributed by atoms with Gasteiger partial charge in [0.15, 0.2) is 0 Å². The number of para-hydroxylation sites is 1. The average Bonchev–Trinajstić information content (AvgIpc) is 2.82. The first-order chi connectivity index (χ1) is 8.61. The molecule has 1 aromatic rings. The average molecular weight is 378 g/mol. The standard InChI is InChI=1S/C12H14Br2N2O2/c13-8-2-1-3-9(14)11(8)16-12(17)10-5-4-7(6-15)18-10/h1-3,7,10H,4-6,15H2,(H,16,17). The van der Waals surface area contributed by atoms with Crippen LogP contribution in [0.25, 0.3) is 0 Å². The Hall–Kier alpha value is -0.430. The molecule has 1 saturated heterocycles. The number of rotatable bonds is 3. The molecule has 3 N–H and O–H groups in total. The van der Waals surface area contributed by atoms with Crippen molar-refractivity contribution in [2.45, 2.75) is 25.0 Å². The Bertz CT molecular complexity index is 433. The van der Waals surface area contributed by atoms with Gasteiger partial charge in [-0.2, -0.15) is 0 Å². The number of anilines is 1. The van der Waals surface area contributed by atoms with Crippen molar-refractivity contribution in [1.82, 2.24) is 0 Å². The van der Waals surface area contributed by atoms with Crippen LogP contribution >= 0.6 is 31.9 Å². The first-order valence-electron chi connectivity index (χ1n) is 5.72. The molecule has 18 heavy (non-hydrogen) atoms. The highest BCUT2D eigenvalue weighted by Gasteiger charge is 2.30. The van der Waals surface area contributed by atoms with E-state index in [0.717, 1.165) is 27.5 Å². The molecule has 1 aliphatic rings. The minimum Gasteiger partial charge on any atom is -0.364 e. The number of nitrogens with two attached hydrogens (primary N) is 1. The first-order valence-corrected chi connectivity index (χ1v) is 7.31. The summed E-state index contributed by atoms with van der Waals surface area (Å²) in [6, 6.07) is 5.64. The smallest absolute Gasteiger partial charge is 0.253 e. The normalized spacial score (nSPS) is 23.1. The van der Waals surface area contributed by atoms with Crippen molar-refractivity contribution in [2.24, 2.45) is 5.73 Å². The number of nitrogens with one attached hydrogen (secondary N) is 1. The van der Waals surface area contributed by atoms with Crippen LogP contribution < -0.4 is 11.1 Å². The molecule has 98 valence electrons. The lowest BCUT2D eigenvalue weighted by molar-refractivity contribution is -0.126. The van der Waals surface area contributed by atoms with Crippen LogP contribution in [0, 0.1) is 0 Å². The fraction of sp³-hybridized carbons (Fsp3) is 0.417. The number of amides is 1. The molecule has 6 heteroatoms. The minimum atomic E-state index is -0.405. The minimum absolute atomic E-state index is 0.00315. The van der Waals surface area contributed by atoms with Crippen LogP contribution in [0.3, 0.4) is 0 Å². The molecule has 0 aliphatic carbocycles. The van der Waals surface area contributed by atoms with Crippen LogP contribution in [0.5, 0.6) is 0 Å². The van der Waals surface area contributed by atoms with Gasteiger partial charge in [-0.05, 0) is 56.8 Å². The van der Waals surface area contributed by atoms with Crippen molar-refractivity contribution in [3.63, 3.8) is 0 Å². The molecule has 1 aliphatic heterocycles. The van der Waals surface area contributed by atoms with Crippen LogP contribution in [0.2, 0.25) is 0 Å². The summed E-state index contributed by atoms with van der Waals surface area (Å²) in [6.07, 6.45) is 1.16. The fourth-order valence-electron chi connectivity index (χ4n) is 1.89. The van der Waals surface area contributed by atoms with Crippen molar-refractivity contribution in [3.8, 4) is 0 Å². The molecular weight excluding hydrogens is 364 g/mol. The predicted molar refractivity (Wildman–Crippen MR) is 77.4 cm³/mol. The highest BCUT2D eigenvalue weighted by Crippen LogP contribution is 2.31. The third-order valence-electron chi connectivity index (χ3n) is 2.87. The number of halogens is 2. The van der Waals surface area contributed by atoms with E-state index in [0.29, 0.717) is 6.54 Å². The molecule has 0 aromatic heterocycles. The summed E-state index contributed by atoms with van der Waals surface area (Å²) in [5.74, 6) is -0.126. The summed E-state index contributed by atoms with van der Waals surface area (Å²) in [5, 5.41) is 2.87. The molecular formula is C12H14Br2N2O2. The Morgan fingerprint density at radius 2 is 2.06 bits per heavy atom. The zero-order valence-electron chi connectivity index (χ0n) is 9.66. The Kier molecular flexibility index (Phi) is 4.77. The largest absolute Gasteiger partial charge is 0.364 e. The van der Waals surface area contributed by atoms with Crippen molar-refractivity contribution >= 4 is 43.5 Å². The molecule has 0 saturated carbocycles. The zero-order valence-corrected chi connectivity index (χ0v) is 12.8. The fourth-order valence-corrected chi connectivity index (χ4v) is 3.09. The second-order valence-electron chi connectivity index (χ2n) is 4.15. The second kappa shape index (κ2) is 6.14. The van der Waals surface area contributed by atoms with Gasteiger partial charge in [-0.1, -0.05) is 6.07 Å². The molecule has 1 heterocycles. The molecule has 0 spiro atoms. The maximum atomic E-state index is 12.1. The molecule has 1 aromatic carbocycles. The van der Waals surface area contributed by atoms with E-state index in [-0.39, 0.29) is 12.0 Å². The maximum absolute atomic E-state index is 12.1. The van der Waals surface area contributed by atoms with E-state index in [2.05, 4.69) is 37.2 Å². The predicted octanol–water partition coefficient (Wildman–Crippen LogP) is 2.66. The summed E-state index contributed by atoms with van der Waals surface area (Å²) in [4.78, 5) is 12.1. The van der Waals surface area contributed by atoms with Crippen LogP contribution in [0.1, 0.15) is 12.8 Å². The van der Waals surface area contributed by atoms with E-state index in [4.69, 9.17) is 10.5 Å². The van der Waals surface area contributed by atoms with Crippen LogP contribution in [0.15, 0.2) is 27.1 Å². The molecule has 1 fully saturated rings. The Morgan fingerprint density at radius 3 is 2.61 bits per heavy atom. The van der Waals surface area contributed by atoms with Gasteiger partial charge in [-0.15, -0.1) is 0 Å². The van der Waals surface area contributed by atoms with E-state index in [1.54, 1.807) is 0 Å².